The second-order valence-corrected chi connectivity index (χ2v) is 10.6. The van der Waals surface area contributed by atoms with Crippen molar-refractivity contribution < 1.29 is 17.9 Å². The Balaban J connectivity index is 2.44. The molecule has 0 bridgehead atoms. The third-order valence-corrected chi connectivity index (χ3v) is 5.23. The molecule has 0 aromatic carbocycles. The van der Waals surface area contributed by atoms with Crippen molar-refractivity contribution in [2.45, 2.75) is 58.6 Å². The SMILES string of the molecule is CN=C(NCC1CCCN(C(=O)OC(C)(C)C)C1)NC(C)CCS(C)(=O)=O. The number of hydrogen-bond acceptors (Lipinski definition) is 5. The lowest BCUT2D eigenvalue weighted by molar-refractivity contribution is 0.0168. The number of piperidine rings is 1. The fraction of sp³-hybridized carbons (Fsp3) is 0.889. The van der Waals surface area contributed by atoms with Gasteiger partial charge in [0.2, 0.25) is 0 Å². The molecule has 8 nitrogen and oxygen atoms in total. The lowest BCUT2D eigenvalue weighted by Gasteiger charge is -2.34. The first-order valence-corrected chi connectivity index (χ1v) is 11.6. The summed E-state index contributed by atoms with van der Waals surface area (Å²) in [6.45, 7) is 9.61. The molecule has 0 aliphatic carbocycles. The number of guanidine groups is 1. The van der Waals surface area contributed by atoms with E-state index in [9.17, 15) is 13.2 Å². The van der Waals surface area contributed by atoms with Gasteiger partial charge < -0.3 is 20.3 Å². The van der Waals surface area contributed by atoms with E-state index in [1.165, 1.54) is 6.26 Å². The predicted molar refractivity (Wildman–Crippen MR) is 109 cm³/mol. The third-order valence-electron chi connectivity index (χ3n) is 4.26. The molecule has 2 atom stereocenters. The Bertz CT molecular complexity index is 613. The number of hydrogen-bond donors (Lipinski definition) is 2. The molecule has 0 spiro atoms. The Hall–Kier alpha value is -1.51. The quantitative estimate of drug-likeness (QED) is 0.515. The summed E-state index contributed by atoms with van der Waals surface area (Å²) in [6.07, 6.45) is 3.49. The molecule has 1 saturated heterocycles. The van der Waals surface area contributed by atoms with Crippen LogP contribution in [-0.2, 0) is 14.6 Å². The molecule has 2 unspecified atom stereocenters. The van der Waals surface area contributed by atoms with Gasteiger partial charge in [0.1, 0.15) is 15.4 Å². The molecule has 158 valence electrons. The van der Waals surface area contributed by atoms with Crippen LogP contribution in [0.2, 0.25) is 0 Å². The average molecular weight is 405 g/mol. The fourth-order valence-corrected chi connectivity index (χ4v) is 3.64. The van der Waals surface area contributed by atoms with Gasteiger partial charge in [0, 0.05) is 39.0 Å². The molecule has 9 heteroatoms. The number of rotatable bonds is 6. The predicted octanol–water partition coefficient (Wildman–Crippen LogP) is 1.62. The number of carbonyl (C=O) groups is 1. The first kappa shape index (κ1) is 23.5. The summed E-state index contributed by atoms with van der Waals surface area (Å²) in [5.41, 5.74) is -0.490. The Labute approximate surface area is 164 Å². The molecule has 1 amide bonds. The summed E-state index contributed by atoms with van der Waals surface area (Å²) >= 11 is 0. The summed E-state index contributed by atoms with van der Waals surface area (Å²) < 4.78 is 28.0. The number of carbonyl (C=O) groups excluding carboxylic acids is 1. The molecule has 1 aliphatic heterocycles. The van der Waals surface area contributed by atoms with E-state index in [1.54, 1.807) is 11.9 Å². The molecule has 27 heavy (non-hydrogen) atoms. The summed E-state index contributed by atoms with van der Waals surface area (Å²) in [4.78, 5) is 18.2. The van der Waals surface area contributed by atoms with Crippen LogP contribution in [0.15, 0.2) is 4.99 Å². The fourth-order valence-electron chi connectivity index (χ4n) is 2.86. The molecular weight excluding hydrogens is 368 g/mol. The van der Waals surface area contributed by atoms with Gasteiger partial charge in [0.15, 0.2) is 5.96 Å². The summed E-state index contributed by atoms with van der Waals surface area (Å²) in [7, 11) is -1.28. The average Bonchev–Trinajstić information content (AvgIpc) is 2.55. The van der Waals surface area contributed by atoms with E-state index in [4.69, 9.17) is 4.74 Å². The molecule has 0 radical (unpaired) electrons. The van der Waals surface area contributed by atoms with Crippen LogP contribution in [0.1, 0.15) is 47.0 Å². The van der Waals surface area contributed by atoms with Crippen molar-refractivity contribution in [2.24, 2.45) is 10.9 Å². The van der Waals surface area contributed by atoms with Crippen LogP contribution in [0.5, 0.6) is 0 Å². The maximum atomic E-state index is 12.3. The highest BCUT2D eigenvalue weighted by atomic mass is 32.2. The lowest BCUT2D eigenvalue weighted by Crippen LogP contribution is -2.48. The standard InChI is InChI=1S/C18H36N4O4S/c1-14(9-11-27(6,24)25)21-16(19-5)20-12-15-8-7-10-22(13-15)17(23)26-18(2,3)4/h14-15H,7-13H2,1-6H3,(H2,19,20,21). The Morgan fingerprint density at radius 3 is 2.59 bits per heavy atom. The van der Waals surface area contributed by atoms with Crippen LogP contribution < -0.4 is 10.6 Å². The van der Waals surface area contributed by atoms with Crippen molar-refractivity contribution >= 4 is 21.9 Å². The van der Waals surface area contributed by atoms with Crippen molar-refractivity contribution in [1.29, 1.82) is 0 Å². The Morgan fingerprint density at radius 2 is 2.04 bits per heavy atom. The first-order valence-electron chi connectivity index (χ1n) is 9.52. The van der Waals surface area contributed by atoms with Gasteiger partial charge in [-0.1, -0.05) is 0 Å². The van der Waals surface area contributed by atoms with Gasteiger partial charge in [-0.2, -0.15) is 0 Å². The Morgan fingerprint density at radius 1 is 1.37 bits per heavy atom. The number of aliphatic imine (C=N–C) groups is 1. The van der Waals surface area contributed by atoms with E-state index in [-0.39, 0.29) is 17.9 Å². The number of amides is 1. The highest BCUT2D eigenvalue weighted by Gasteiger charge is 2.27. The summed E-state index contributed by atoms with van der Waals surface area (Å²) in [6, 6.07) is -0.00413. The number of ether oxygens (including phenoxy) is 1. The van der Waals surface area contributed by atoms with Crippen LogP contribution >= 0.6 is 0 Å². The monoisotopic (exact) mass is 404 g/mol. The molecule has 0 aromatic rings. The van der Waals surface area contributed by atoms with Crippen LogP contribution in [0, 0.1) is 5.92 Å². The molecule has 1 heterocycles. The second-order valence-electron chi connectivity index (χ2n) is 8.35. The minimum absolute atomic E-state index is 0.00413. The molecule has 0 aromatic heterocycles. The van der Waals surface area contributed by atoms with Gasteiger partial charge >= 0.3 is 6.09 Å². The zero-order chi connectivity index (χ0) is 20.7. The molecule has 1 rings (SSSR count). The lowest BCUT2D eigenvalue weighted by atomic mass is 9.98. The maximum Gasteiger partial charge on any atom is 0.410 e. The largest absolute Gasteiger partial charge is 0.444 e. The second kappa shape index (κ2) is 10.1. The number of nitrogens with zero attached hydrogens (tertiary/aromatic N) is 2. The highest BCUT2D eigenvalue weighted by molar-refractivity contribution is 7.90. The maximum absolute atomic E-state index is 12.3. The van der Waals surface area contributed by atoms with Crippen LogP contribution in [0.3, 0.4) is 0 Å². The molecule has 0 saturated carbocycles. The van der Waals surface area contributed by atoms with Gasteiger partial charge in [-0.15, -0.1) is 0 Å². The number of sulfone groups is 1. The van der Waals surface area contributed by atoms with Crippen LogP contribution in [0.4, 0.5) is 4.79 Å². The first-order chi connectivity index (χ1) is 12.4. The number of nitrogens with one attached hydrogen (secondary N) is 2. The summed E-state index contributed by atoms with van der Waals surface area (Å²) in [5, 5.41) is 6.50. The molecule has 1 aliphatic rings. The van der Waals surface area contributed by atoms with E-state index >= 15 is 0 Å². The van der Waals surface area contributed by atoms with Crippen molar-refractivity contribution in [3.05, 3.63) is 0 Å². The molecule has 2 N–H and O–H groups in total. The normalized spacial score (nSPS) is 20.1. The molecular formula is C18H36N4O4S. The van der Waals surface area contributed by atoms with Gasteiger partial charge in [-0.3, -0.25) is 4.99 Å². The van der Waals surface area contributed by atoms with E-state index in [0.717, 1.165) is 19.4 Å². The van der Waals surface area contributed by atoms with E-state index in [2.05, 4.69) is 15.6 Å². The zero-order valence-electron chi connectivity index (χ0n) is 17.5. The van der Waals surface area contributed by atoms with Crippen molar-refractivity contribution in [2.75, 3.05) is 38.7 Å². The van der Waals surface area contributed by atoms with E-state index in [0.29, 0.717) is 31.4 Å². The van der Waals surface area contributed by atoms with Gasteiger partial charge in [-0.25, -0.2) is 13.2 Å². The van der Waals surface area contributed by atoms with Gasteiger partial charge in [0.25, 0.3) is 0 Å². The molecule has 1 fully saturated rings. The minimum atomic E-state index is -2.97. The van der Waals surface area contributed by atoms with Crippen LogP contribution in [0.25, 0.3) is 0 Å². The number of likely N-dealkylation sites (tertiary alicyclic amines) is 1. The Kier molecular flexibility index (Phi) is 8.84. The van der Waals surface area contributed by atoms with Crippen molar-refractivity contribution in [3.8, 4) is 0 Å². The van der Waals surface area contributed by atoms with Gasteiger partial charge in [0.05, 0.1) is 5.75 Å². The smallest absolute Gasteiger partial charge is 0.410 e. The minimum Gasteiger partial charge on any atom is -0.444 e. The van der Waals surface area contributed by atoms with E-state index < -0.39 is 15.4 Å². The van der Waals surface area contributed by atoms with E-state index in [1.807, 2.05) is 27.7 Å². The van der Waals surface area contributed by atoms with Crippen molar-refractivity contribution in [3.63, 3.8) is 0 Å². The summed E-state index contributed by atoms with van der Waals surface area (Å²) in [5.74, 6) is 1.10. The third kappa shape index (κ3) is 10.4. The topological polar surface area (TPSA) is 100 Å². The highest BCUT2D eigenvalue weighted by Crippen LogP contribution is 2.18. The van der Waals surface area contributed by atoms with Gasteiger partial charge in [-0.05, 0) is 52.9 Å². The van der Waals surface area contributed by atoms with Crippen molar-refractivity contribution in [1.82, 2.24) is 15.5 Å². The zero-order valence-corrected chi connectivity index (χ0v) is 18.4. The van der Waals surface area contributed by atoms with Crippen LogP contribution in [-0.4, -0.2) is 75.7 Å².